The molecule has 1 unspecified atom stereocenters. The summed E-state index contributed by atoms with van der Waals surface area (Å²) in [6, 6.07) is 16.1. The zero-order valence-electron chi connectivity index (χ0n) is 11.0. The largest absolute Gasteiger partial charge is 0.317 e. The lowest BCUT2D eigenvalue weighted by Crippen LogP contribution is -2.05. The third-order valence-electron chi connectivity index (χ3n) is 2.60. The Morgan fingerprint density at radius 2 is 1.75 bits per heavy atom. The summed E-state index contributed by atoms with van der Waals surface area (Å²) >= 11 is 5.82. The van der Waals surface area contributed by atoms with Crippen LogP contribution in [-0.2, 0) is 9.09 Å². The van der Waals surface area contributed by atoms with Gasteiger partial charge in [-0.1, -0.05) is 35.7 Å². The smallest absolute Gasteiger partial charge is 0.303 e. The first-order valence-corrected chi connectivity index (χ1v) is 8.23. The van der Waals surface area contributed by atoms with E-state index < -0.39 is 7.37 Å². The molecule has 0 bridgehead atoms. The van der Waals surface area contributed by atoms with Crippen molar-refractivity contribution in [1.82, 2.24) is 0 Å². The molecule has 0 radical (unpaired) electrons. The van der Waals surface area contributed by atoms with Crippen molar-refractivity contribution in [3.8, 4) is 11.6 Å². The van der Waals surface area contributed by atoms with Crippen LogP contribution in [0.3, 0.4) is 0 Å². The standard InChI is InChI=1S/C16H14ClO2P/c1-2-19-20(18,16-6-4-3-5-7-16)13-12-14-8-10-15(17)11-9-14/h3-11H,2H2,1H3. The second kappa shape index (κ2) is 6.77. The molecule has 2 aromatic rings. The van der Waals surface area contributed by atoms with Gasteiger partial charge in [-0.25, -0.2) is 0 Å². The van der Waals surface area contributed by atoms with Gasteiger partial charge in [0.05, 0.1) is 6.61 Å². The Labute approximate surface area is 124 Å². The van der Waals surface area contributed by atoms with Gasteiger partial charge in [0.1, 0.15) is 0 Å². The van der Waals surface area contributed by atoms with Gasteiger partial charge < -0.3 is 4.52 Å². The van der Waals surface area contributed by atoms with Gasteiger partial charge in [-0.15, -0.1) is 0 Å². The molecular formula is C16H14ClO2P. The zero-order chi connectivity index (χ0) is 14.4. The third-order valence-corrected chi connectivity index (χ3v) is 4.86. The summed E-state index contributed by atoms with van der Waals surface area (Å²) in [6.07, 6.45) is 0. The lowest BCUT2D eigenvalue weighted by Gasteiger charge is -2.11. The molecule has 0 saturated carbocycles. The molecule has 0 aromatic heterocycles. The average molecular weight is 305 g/mol. The topological polar surface area (TPSA) is 26.3 Å². The predicted molar refractivity (Wildman–Crippen MR) is 83.6 cm³/mol. The number of hydrogen-bond acceptors (Lipinski definition) is 2. The van der Waals surface area contributed by atoms with Crippen LogP contribution in [0, 0.1) is 11.6 Å². The molecule has 0 aliphatic carbocycles. The number of benzene rings is 2. The Bertz CT molecular complexity index is 669. The second-order valence-electron chi connectivity index (χ2n) is 4.05. The summed E-state index contributed by atoms with van der Waals surface area (Å²) < 4.78 is 18.3. The first-order chi connectivity index (χ1) is 9.64. The van der Waals surface area contributed by atoms with E-state index in [-0.39, 0.29) is 0 Å². The molecule has 0 N–H and O–H groups in total. The molecule has 0 amide bonds. The maximum atomic E-state index is 12.8. The lowest BCUT2D eigenvalue weighted by atomic mass is 10.2. The van der Waals surface area contributed by atoms with E-state index in [1.165, 1.54) is 0 Å². The van der Waals surface area contributed by atoms with E-state index in [2.05, 4.69) is 11.6 Å². The van der Waals surface area contributed by atoms with Crippen LogP contribution < -0.4 is 5.30 Å². The van der Waals surface area contributed by atoms with Crippen LogP contribution in [0.4, 0.5) is 0 Å². The zero-order valence-corrected chi connectivity index (χ0v) is 12.7. The molecule has 0 aliphatic heterocycles. The minimum absolute atomic E-state index is 0.349. The molecule has 20 heavy (non-hydrogen) atoms. The van der Waals surface area contributed by atoms with Gasteiger partial charge >= 0.3 is 7.37 Å². The molecule has 4 heteroatoms. The molecule has 1 atom stereocenters. The molecule has 0 fully saturated rings. The Balaban J connectivity index is 2.36. The fourth-order valence-corrected chi connectivity index (χ4v) is 3.32. The minimum atomic E-state index is -3.14. The molecule has 0 saturated heterocycles. The van der Waals surface area contributed by atoms with Crippen LogP contribution in [0.15, 0.2) is 54.6 Å². The van der Waals surface area contributed by atoms with E-state index in [0.717, 1.165) is 5.56 Å². The molecule has 0 aliphatic rings. The molecule has 102 valence electrons. The normalized spacial score (nSPS) is 13.1. The van der Waals surface area contributed by atoms with E-state index in [1.54, 1.807) is 43.3 Å². The molecule has 2 rings (SSSR count). The van der Waals surface area contributed by atoms with Crippen LogP contribution in [-0.4, -0.2) is 6.61 Å². The first-order valence-electron chi connectivity index (χ1n) is 6.23. The monoisotopic (exact) mass is 304 g/mol. The van der Waals surface area contributed by atoms with Gasteiger partial charge in [0.15, 0.2) is 0 Å². The van der Waals surface area contributed by atoms with Gasteiger partial charge in [0.25, 0.3) is 0 Å². The summed E-state index contributed by atoms with van der Waals surface area (Å²) in [5, 5.41) is 1.26. The maximum Gasteiger partial charge on any atom is 0.303 e. The van der Waals surface area contributed by atoms with Crippen LogP contribution in [0.25, 0.3) is 0 Å². The number of halogens is 1. The van der Waals surface area contributed by atoms with Crippen molar-refractivity contribution in [2.45, 2.75) is 6.92 Å². The fourth-order valence-electron chi connectivity index (χ4n) is 1.65. The van der Waals surface area contributed by atoms with Crippen LogP contribution in [0.1, 0.15) is 12.5 Å². The molecule has 0 spiro atoms. The van der Waals surface area contributed by atoms with E-state index in [1.807, 2.05) is 18.2 Å². The van der Waals surface area contributed by atoms with Gasteiger partial charge in [-0.2, -0.15) is 0 Å². The maximum absolute atomic E-state index is 12.8. The quantitative estimate of drug-likeness (QED) is 0.624. The fraction of sp³-hybridized carbons (Fsp3) is 0.125. The molecule has 2 aromatic carbocycles. The van der Waals surface area contributed by atoms with Crippen molar-refractivity contribution in [3.05, 3.63) is 65.2 Å². The van der Waals surface area contributed by atoms with Crippen molar-refractivity contribution in [2.75, 3.05) is 6.61 Å². The van der Waals surface area contributed by atoms with E-state index in [0.29, 0.717) is 16.9 Å². The summed E-state index contributed by atoms with van der Waals surface area (Å²) in [5.41, 5.74) is 3.54. The van der Waals surface area contributed by atoms with Crippen molar-refractivity contribution in [3.63, 3.8) is 0 Å². The third kappa shape index (κ3) is 3.74. The van der Waals surface area contributed by atoms with Crippen LogP contribution in [0.2, 0.25) is 5.02 Å². The van der Waals surface area contributed by atoms with Crippen molar-refractivity contribution < 1.29 is 9.09 Å². The van der Waals surface area contributed by atoms with Crippen molar-refractivity contribution >= 4 is 24.3 Å². The highest BCUT2D eigenvalue weighted by Gasteiger charge is 2.22. The Kier molecular flexibility index (Phi) is 5.04. The molecular weight excluding hydrogens is 291 g/mol. The van der Waals surface area contributed by atoms with Crippen molar-refractivity contribution in [1.29, 1.82) is 0 Å². The SMILES string of the molecule is CCOP(=O)(C#Cc1ccc(Cl)cc1)c1ccccc1. The van der Waals surface area contributed by atoms with Gasteiger partial charge in [-0.3, -0.25) is 4.57 Å². The summed E-state index contributed by atoms with van der Waals surface area (Å²) in [7, 11) is -3.14. The van der Waals surface area contributed by atoms with Gasteiger partial charge in [0, 0.05) is 15.9 Å². The summed E-state index contributed by atoms with van der Waals surface area (Å²) in [4.78, 5) is 0. The van der Waals surface area contributed by atoms with E-state index in [9.17, 15) is 4.57 Å². The Morgan fingerprint density at radius 1 is 1.10 bits per heavy atom. The highest BCUT2D eigenvalue weighted by atomic mass is 35.5. The van der Waals surface area contributed by atoms with Crippen LogP contribution in [0.5, 0.6) is 0 Å². The van der Waals surface area contributed by atoms with Gasteiger partial charge in [-0.05, 0) is 49.0 Å². The predicted octanol–water partition coefficient (Wildman–Crippen LogP) is 4.29. The number of rotatable bonds is 3. The number of hydrogen-bond donors (Lipinski definition) is 0. The lowest BCUT2D eigenvalue weighted by molar-refractivity contribution is 0.348. The second-order valence-corrected chi connectivity index (χ2v) is 6.59. The Morgan fingerprint density at radius 3 is 2.35 bits per heavy atom. The molecule has 0 heterocycles. The van der Waals surface area contributed by atoms with Crippen LogP contribution >= 0.6 is 19.0 Å². The highest BCUT2D eigenvalue weighted by molar-refractivity contribution is 7.71. The van der Waals surface area contributed by atoms with Gasteiger partial charge in [0.2, 0.25) is 0 Å². The van der Waals surface area contributed by atoms with Crippen molar-refractivity contribution in [2.24, 2.45) is 0 Å². The Hall–Kier alpha value is -1.52. The van der Waals surface area contributed by atoms with E-state index in [4.69, 9.17) is 16.1 Å². The highest BCUT2D eigenvalue weighted by Crippen LogP contribution is 2.44. The average Bonchev–Trinajstić information content (AvgIpc) is 2.48. The molecule has 2 nitrogen and oxygen atoms in total. The first kappa shape index (κ1) is 14.9. The summed E-state index contributed by atoms with van der Waals surface area (Å²) in [5.74, 6) is 2.90. The minimum Gasteiger partial charge on any atom is -0.317 e. The van der Waals surface area contributed by atoms with E-state index >= 15 is 0 Å². The summed E-state index contributed by atoms with van der Waals surface area (Å²) in [6.45, 7) is 2.15.